The maximum Gasteiger partial charge on any atom is -0.00204 e. The van der Waals surface area contributed by atoms with Gasteiger partial charge < -0.3 is 0 Å². The first-order valence-electron chi connectivity index (χ1n) is 33.8. The van der Waals surface area contributed by atoms with E-state index in [0.717, 1.165) is 0 Å². The van der Waals surface area contributed by atoms with Gasteiger partial charge in [-0.25, -0.2) is 0 Å². The number of benzene rings is 17. The zero-order valence-electron chi connectivity index (χ0n) is 58.2. The molecule has 17 aromatic carbocycles. The van der Waals surface area contributed by atoms with Crippen LogP contribution >= 0.6 is 0 Å². The first-order chi connectivity index (χ1) is 45.9. The summed E-state index contributed by atoms with van der Waals surface area (Å²) in [5.41, 5.74) is 23.1. The minimum absolute atomic E-state index is 1.32. The molecule has 0 aliphatic rings. The van der Waals surface area contributed by atoms with Gasteiger partial charge in [-0.2, -0.15) is 0 Å². The molecule has 0 radical (unpaired) electrons. The van der Waals surface area contributed by atoms with Crippen molar-refractivity contribution >= 4 is 118 Å². The third kappa shape index (κ3) is 11.9. The van der Waals surface area contributed by atoms with Crippen LogP contribution in [0.25, 0.3) is 130 Å². The molecule has 0 aliphatic carbocycles. The van der Waals surface area contributed by atoms with Gasteiger partial charge >= 0.3 is 0 Å². The van der Waals surface area contributed by atoms with Gasteiger partial charge in [0.05, 0.1) is 0 Å². The van der Waals surface area contributed by atoms with E-state index in [2.05, 4.69) is 353 Å². The Kier molecular flexibility index (Phi) is 17.5. The minimum atomic E-state index is 1.32. The van der Waals surface area contributed by atoms with Gasteiger partial charge in [0.2, 0.25) is 0 Å². The van der Waals surface area contributed by atoms with Gasteiger partial charge in [-0.15, -0.1) is 0 Å². The number of rotatable bonds is 1. The Bertz CT molecular complexity index is 5640. The summed E-state index contributed by atoms with van der Waals surface area (Å²) in [5.74, 6) is 0. The second-order valence-corrected chi connectivity index (χ2v) is 27.0. The lowest BCUT2D eigenvalue weighted by atomic mass is 9.86. The summed E-state index contributed by atoms with van der Waals surface area (Å²) in [5, 5.41) is 30.1. The fourth-order valence-corrected chi connectivity index (χ4v) is 15.2. The van der Waals surface area contributed by atoms with Crippen LogP contribution in [0, 0.1) is 104 Å². The zero-order valence-corrected chi connectivity index (χ0v) is 58.2. The van der Waals surface area contributed by atoms with Gasteiger partial charge in [-0.3, -0.25) is 0 Å². The van der Waals surface area contributed by atoms with Crippen molar-refractivity contribution in [2.75, 3.05) is 0 Å². The first kappa shape index (κ1) is 63.4. The maximum atomic E-state index is 2.33. The minimum Gasteiger partial charge on any atom is -0.0616 e. The van der Waals surface area contributed by atoms with Crippen molar-refractivity contribution in [3.8, 4) is 11.1 Å². The van der Waals surface area contributed by atoms with Crippen LogP contribution in [0.15, 0.2) is 249 Å². The molecule has 17 aromatic rings. The van der Waals surface area contributed by atoms with Gasteiger partial charge in [-0.05, 0) is 295 Å². The molecule has 0 bridgehead atoms. The van der Waals surface area contributed by atoms with Crippen LogP contribution in [0.1, 0.15) is 83.5 Å². The third-order valence-electron chi connectivity index (χ3n) is 20.7. The highest BCUT2D eigenvalue weighted by atomic mass is 14.2. The fraction of sp³-hybridized carbons (Fsp3) is 0.158. The van der Waals surface area contributed by atoms with Gasteiger partial charge in [0.15, 0.2) is 0 Å². The quantitative estimate of drug-likeness (QED) is 0.114. The molecule has 0 aromatic heterocycles. The highest BCUT2D eigenvalue weighted by Crippen LogP contribution is 2.43. The molecule has 0 saturated carbocycles. The number of hydrogen-bond donors (Lipinski definition) is 0. The van der Waals surface area contributed by atoms with E-state index in [1.807, 2.05) is 0 Å². The Morgan fingerprint density at radius 1 is 0.147 bits per heavy atom. The van der Waals surface area contributed by atoms with E-state index < -0.39 is 0 Å². The van der Waals surface area contributed by atoms with E-state index in [-0.39, 0.29) is 0 Å². The summed E-state index contributed by atoms with van der Waals surface area (Å²) in [6, 6.07) is 90.8. The molecule has 0 saturated heterocycles. The normalized spacial score (nSPS) is 11.3. The van der Waals surface area contributed by atoms with Crippen molar-refractivity contribution in [2.24, 2.45) is 0 Å². The fourth-order valence-electron chi connectivity index (χ4n) is 15.2. The lowest BCUT2D eigenvalue weighted by Crippen LogP contribution is -1.91. The van der Waals surface area contributed by atoms with E-state index >= 15 is 0 Å². The number of aryl methyl sites for hydroxylation is 15. The van der Waals surface area contributed by atoms with E-state index in [0.29, 0.717) is 0 Å². The summed E-state index contributed by atoms with van der Waals surface area (Å²) < 4.78 is 0. The molecule has 466 valence electrons. The average molecular weight is 1230 g/mol. The molecule has 0 aliphatic heterocycles. The van der Waals surface area contributed by atoms with E-state index in [1.165, 1.54) is 213 Å². The summed E-state index contributed by atoms with van der Waals surface area (Å²) in [7, 11) is 0. The number of fused-ring (bicyclic) bond motifs is 12. The summed E-state index contributed by atoms with van der Waals surface area (Å²) in [4.78, 5) is 0. The van der Waals surface area contributed by atoms with Crippen molar-refractivity contribution in [3.05, 3.63) is 332 Å². The van der Waals surface area contributed by atoms with E-state index in [9.17, 15) is 0 Å². The molecule has 0 heteroatoms. The Labute approximate surface area is 562 Å². The highest BCUT2D eigenvalue weighted by Gasteiger charge is 2.17. The lowest BCUT2D eigenvalue weighted by Gasteiger charge is -2.17. The molecule has 17 rings (SSSR count). The van der Waals surface area contributed by atoms with Crippen molar-refractivity contribution in [2.45, 2.75) is 104 Å². The van der Waals surface area contributed by atoms with Crippen LogP contribution in [-0.2, 0) is 0 Å². The van der Waals surface area contributed by atoms with Crippen LogP contribution in [0.5, 0.6) is 0 Å². The SMILES string of the molecule is Cc1cc2c(C)c3ccccc3c(C)c2cc1C.Cc1ccc(-c2c3ccccc3c(C)c3ccccc23)c2ccccc12.Cc1ccc2c(C)c3ccccc3c(C)c2c1.Cc1ccc2c(C)c3ccccc3c(C)c2c1.Cc1ccc2cc(C)c3ccc(C)cc3c2c1. The second-order valence-electron chi connectivity index (χ2n) is 27.0. The highest BCUT2D eigenvalue weighted by molar-refractivity contribution is 6.19. The zero-order chi connectivity index (χ0) is 66.5. The van der Waals surface area contributed by atoms with Crippen LogP contribution in [0.2, 0.25) is 0 Å². The van der Waals surface area contributed by atoms with Crippen LogP contribution < -0.4 is 0 Å². The average Bonchev–Trinajstić information content (AvgIpc) is 0.753. The molecular weight excluding hydrogens is 1140 g/mol. The molecule has 0 amide bonds. The predicted molar refractivity (Wildman–Crippen MR) is 421 cm³/mol. The molecule has 0 unspecified atom stereocenters. The molecular formula is C95H86. The van der Waals surface area contributed by atoms with Gasteiger partial charge in [0.1, 0.15) is 0 Å². The molecule has 0 spiro atoms. The Balaban J connectivity index is 0.000000109. The molecule has 0 heterocycles. The van der Waals surface area contributed by atoms with Crippen molar-refractivity contribution in [1.82, 2.24) is 0 Å². The van der Waals surface area contributed by atoms with E-state index in [4.69, 9.17) is 0 Å². The van der Waals surface area contributed by atoms with Gasteiger partial charge in [0.25, 0.3) is 0 Å². The van der Waals surface area contributed by atoms with Gasteiger partial charge in [0, 0.05) is 0 Å². The van der Waals surface area contributed by atoms with Gasteiger partial charge in [-0.1, -0.05) is 271 Å². The summed E-state index contributed by atoms with van der Waals surface area (Å²) in [6.45, 7) is 33.0. The maximum absolute atomic E-state index is 2.33. The topological polar surface area (TPSA) is 0 Å². The monoisotopic (exact) mass is 1230 g/mol. The molecule has 0 fully saturated rings. The van der Waals surface area contributed by atoms with Crippen LogP contribution in [-0.4, -0.2) is 0 Å². The Hall–Kier alpha value is -10.4. The standard InChI is InChI=1S/C26H20.C18H18.3C17H16/c1-17-15-16-25(22-12-6-3-9-19(17)22)26-23-13-7-4-10-20(23)18(2)21-11-5-8-14-24(21)26;1-11-9-17-13(3)15-7-5-6-8-16(15)14(4)18(17)10-12(11)2;1-11-4-6-14-10-13(3)15-7-5-12(2)9-17(15)16(14)8-11;2*1-11-8-9-16-12(2)14-6-4-5-7-15(14)13(3)17(16)10-11/h3-16H,1-2H3;5-10H,1-4H3;3*4-10H,1-3H3. The molecule has 0 nitrogen and oxygen atoms in total. The number of hydrogen-bond acceptors (Lipinski definition) is 0. The largest absolute Gasteiger partial charge is 0.0616 e. The lowest BCUT2D eigenvalue weighted by molar-refractivity contribution is 1.35. The van der Waals surface area contributed by atoms with Crippen molar-refractivity contribution < 1.29 is 0 Å². The summed E-state index contributed by atoms with van der Waals surface area (Å²) >= 11 is 0. The van der Waals surface area contributed by atoms with Crippen molar-refractivity contribution in [1.29, 1.82) is 0 Å². The first-order valence-corrected chi connectivity index (χ1v) is 33.8. The molecule has 0 atom stereocenters. The van der Waals surface area contributed by atoms with E-state index in [1.54, 1.807) is 0 Å². The Morgan fingerprint density at radius 3 is 0.800 bits per heavy atom. The van der Waals surface area contributed by atoms with Crippen LogP contribution in [0.3, 0.4) is 0 Å². The third-order valence-corrected chi connectivity index (χ3v) is 20.7. The van der Waals surface area contributed by atoms with Crippen LogP contribution in [0.4, 0.5) is 0 Å². The van der Waals surface area contributed by atoms with Crippen molar-refractivity contribution in [3.63, 3.8) is 0 Å². The Morgan fingerprint density at radius 2 is 0.411 bits per heavy atom. The predicted octanol–water partition coefficient (Wildman–Crippen LogP) is 27.4. The second kappa shape index (κ2) is 26.2. The molecule has 95 heavy (non-hydrogen) atoms. The smallest absolute Gasteiger partial charge is 0.00204 e. The summed E-state index contributed by atoms with van der Waals surface area (Å²) in [6.07, 6.45) is 0. The molecule has 0 N–H and O–H groups in total.